The third-order valence-corrected chi connectivity index (χ3v) is 4.23. The van der Waals surface area contributed by atoms with Gasteiger partial charge in [-0.2, -0.15) is 10.4 Å². The summed E-state index contributed by atoms with van der Waals surface area (Å²) in [6.07, 6.45) is 1.46. The summed E-state index contributed by atoms with van der Waals surface area (Å²) in [6, 6.07) is 9.27. The molecule has 1 aromatic carbocycles. The Morgan fingerprint density at radius 2 is 2.08 bits per heavy atom. The van der Waals surface area contributed by atoms with Crippen LogP contribution in [-0.4, -0.2) is 21.7 Å². The number of benzene rings is 1. The van der Waals surface area contributed by atoms with Gasteiger partial charge in [0.05, 0.1) is 12.2 Å². The van der Waals surface area contributed by atoms with Crippen molar-refractivity contribution in [1.29, 1.82) is 5.26 Å². The van der Waals surface area contributed by atoms with Gasteiger partial charge in [0.2, 0.25) is 0 Å². The lowest BCUT2D eigenvalue weighted by atomic mass is 10.1. The summed E-state index contributed by atoms with van der Waals surface area (Å²) in [5.74, 6) is -0.438. The van der Waals surface area contributed by atoms with E-state index in [0.717, 1.165) is 5.56 Å². The number of aromatic nitrogens is 2. The summed E-state index contributed by atoms with van der Waals surface area (Å²) in [6.45, 7) is 5.82. The largest absolute Gasteiger partial charge is 0.349 e. The van der Waals surface area contributed by atoms with Crippen LogP contribution in [0.3, 0.4) is 0 Å². The van der Waals surface area contributed by atoms with Gasteiger partial charge in [-0.25, -0.2) is 4.68 Å². The van der Waals surface area contributed by atoms with E-state index in [1.54, 1.807) is 17.7 Å². The second-order valence-corrected chi connectivity index (χ2v) is 6.60. The summed E-state index contributed by atoms with van der Waals surface area (Å²) in [5.41, 5.74) is 2.03. The lowest BCUT2D eigenvalue weighted by Crippen LogP contribution is -2.30. The zero-order valence-electron chi connectivity index (χ0n) is 14.2. The summed E-state index contributed by atoms with van der Waals surface area (Å²) in [7, 11) is 0. The molecule has 5 nitrogen and oxygen atoms in total. The molecule has 2 rings (SSSR count). The summed E-state index contributed by atoms with van der Waals surface area (Å²) < 4.78 is 1.60. The number of carbonyl (C=O) groups excluding carboxylic acids is 1. The van der Waals surface area contributed by atoms with Crippen LogP contribution in [0.1, 0.15) is 30.7 Å². The second kappa shape index (κ2) is 8.19. The van der Waals surface area contributed by atoms with Crippen LogP contribution < -0.4 is 5.32 Å². The van der Waals surface area contributed by atoms with E-state index in [9.17, 15) is 10.1 Å². The Hall–Kier alpha value is -2.29. The molecule has 0 atom stereocenters. The third-order valence-electron chi connectivity index (χ3n) is 3.46. The van der Waals surface area contributed by atoms with Crippen molar-refractivity contribution in [3.63, 3.8) is 0 Å². The van der Waals surface area contributed by atoms with Crippen LogP contribution in [0.15, 0.2) is 29.8 Å². The van der Waals surface area contributed by atoms with Crippen molar-refractivity contribution in [1.82, 2.24) is 15.1 Å². The van der Waals surface area contributed by atoms with E-state index in [1.807, 2.05) is 38.1 Å². The Labute approximate surface area is 156 Å². The van der Waals surface area contributed by atoms with E-state index in [4.69, 9.17) is 23.2 Å². The van der Waals surface area contributed by atoms with Crippen LogP contribution >= 0.6 is 23.2 Å². The molecule has 2 aromatic rings. The Balaban J connectivity index is 2.36. The van der Waals surface area contributed by atoms with Gasteiger partial charge >= 0.3 is 0 Å². The number of nitriles is 1. The van der Waals surface area contributed by atoms with Gasteiger partial charge in [0.25, 0.3) is 5.91 Å². The molecule has 1 heterocycles. The topological polar surface area (TPSA) is 70.7 Å². The van der Waals surface area contributed by atoms with Crippen molar-refractivity contribution in [2.45, 2.75) is 33.4 Å². The maximum absolute atomic E-state index is 12.1. The van der Waals surface area contributed by atoms with E-state index >= 15 is 0 Å². The van der Waals surface area contributed by atoms with Gasteiger partial charge in [-0.1, -0.05) is 41.4 Å². The fourth-order valence-corrected chi connectivity index (χ4v) is 2.74. The minimum absolute atomic E-state index is 0.0176. The summed E-state index contributed by atoms with van der Waals surface area (Å²) in [5, 5.41) is 17.3. The fourth-order valence-electron chi connectivity index (χ4n) is 2.26. The van der Waals surface area contributed by atoms with Crippen LogP contribution in [0.5, 0.6) is 0 Å². The quantitative estimate of drug-likeness (QED) is 0.633. The number of nitrogens with one attached hydrogen (secondary N) is 1. The van der Waals surface area contributed by atoms with E-state index < -0.39 is 5.91 Å². The number of hydrogen-bond donors (Lipinski definition) is 1. The van der Waals surface area contributed by atoms with Crippen LogP contribution in [0, 0.1) is 18.3 Å². The number of aryl methyl sites for hydroxylation is 1. The smallest absolute Gasteiger partial charge is 0.262 e. The normalized spacial score (nSPS) is 11.5. The van der Waals surface area contributed by atoms with Crippen molar-refractivity contribution in [3.8, 4) is 6.07 Å². The standard InChI is InChI=1S/C18H18Cl2N4O/c1-11(2)22-18(25)14(9-21)8-15-12(3)23-24(17(15)20)10-13-6-4-5-7-16(13)19/h4-8,11H,10H2,1-3H3,(H,22,25)/b14-8-. The highest BCUT2D eigenvalue weighted by Crippen LogP contribution is 2.25. The molecule has 7 heteroatoms. The molecule has 1 amide bonds. The molecule has 0 saturated carbocycles. The van der Waals surface area contributed by atoms with Gasteiger partial charge in [-0.15, -0.1) is 0 Å². The van der Waals surface area contributed by atoms with Crippen LogP contribution in [-0.2, 0) is 11.3 Å². The predicted octanol–water partition coefficient (Wildman–Crippen LogP) is 3.98. The molecule has 0 unspecified atom stereocenters. The molecular formula is C18H18Cl2N4O. The molecule has 0 radical (unpaired) electrons. The molecule has 1 aromatic heterocycles. The first kappa shape index (κ1) is 19.0. The van der Waals surface area contributed by atoms with Gasteiger partial charge in [0.1, 0.15) is 16.8 Å². The lowest BCUT2D eigenvalue weighted by molar-refractivity contribution is -0.117. The molecule has 130 valence electrons. The highest BCUT2D eigenvalue weighted by molar-refractivity contribution is 6.32. The van der Waals surface area contributed by atoms with Crippen molar-refractivity contribution in [2.75, 3.05) is 0 Å². The van der Waals surface area contributed by atoms with Crippen LogP contribution in [0.2, 0.25) is 10.2 Å². The van der Waals surface area contributed by atoms with E-state index in [2.05, 4.69) is 10.4 Å². The Morgan fingerprint density at radius 1 is 1.40 bits per heavy atom. The monoisotopic (exact) mass is 376 g/mol. The second-order valence-electron chi connectivity index (χ2n) is 5.84. The number of amides is 1. The maximum Gasteiger partial charge on any atom is 0.262 e. The van der Waals surface area contributed by atoms with E-state index in [0.29, 0.717) is 28.0 Å². The molecule has 0 aliphatic heterocycles. The van der Waals surface area contributed by atoms with Gasteiger partial charge in [-0.3, -0.25) is 4.79 Å². The Bertz CT molecular complexity index is 862. The molecule has 0 aliphatic carbocycles. The number of halogens is 2. The fraction of sp³-hybridized carbons (Fsp3) is 0.278. The molecular weight excluding hydrogens is 359 g/mol. The Morgan fingerprint density at radius 3 is 2.68 bits per heavy atom. The van der Waals surface area contributed by atoms with E-state index in [-0.39, 0.29) is 11.6 Å². The molecule has 0 aliphatic rings. The summed E-state index contributed by atoms with van der Waals surface area (Å²) in [4.78, 5) is 12.1. The lowest BCUT2D eigenvalue weighted by Gasteiger charge is -2.07. The van der Waals surface area contributed by atoms with Gasteiger partial charge in [0.15, 0.2) is 0 Å². The van der Waals surface area contributed by atoms with Crippen molar-refractivity contribution in [3.05, 3.63) is 56.8 Å². The maximum atomic E-state index is 12.1. The van der Waals surface area contributed by atoms with Gasteiger partial charge in [-0.05, 0) is 38.5 Å². The average molecular weight is 377 g/mol. The van der Waals surface area contributed by atoms with Gasteiger partial charge in [0, 0.05) is 16.6 Å². The number of hydrogen-bond acceptors (Lipinski definition) is 3. The molecule has 0 fully saturated rings. The SMILES string of the molecule is Cc1nn(Cc2ccccc2Cl)c(Cl)c1/C=C(/C#N)C(=O)NC(C)C. The van der Waals surface area contributed by atoms with Crippen molar-refractivity contribution < 1.29 is 4.79 Å². The van der Waals surface area contributed by atoms with Crippen LogP contribution in [0.4, 0.5) is 0 Å². The number of nitrogens with zero attached hydrogens (tertiary/aromatic N) is 3. The Kier molecular flexibility index (Phi) is 6.24. The average Bonchev–Trinajstić information content (AvgIpc) is 2.80. The zero-order chi connectivity index (χ0) is 18.6. The molecule has 0 bridgehead atoms. The zero-order valence-corrected chi connectivity index (χ0v) is 15.7. The first-order valence-corrected chi connectivity index (χ1v) is 8.48. The first-order valence-electron chi connectivity index (χ1n) is 7.72. The van der Waals surface area contributed by atoms with Crippen LogP contribution in [0.25, 0.3) is 6.08 Å². The summed E-state index contributed by atoms with van der Waals surface area (Å²) >= 11 is 12.6. The minimum atomic E-state index is -0.438. The molecule has 25 heavy (non-hydrogen) atoms. The molecule has 0 spiro atoms. The van der Waals surface area contributed by atoms with Crippen molar-refractivity contribution >= 4 is 35.2 Å². The third kappa shape index (κ3) is 4.62. The molecule has 1 N–H and O–H groups in total. The predicted molar refractivity (Wildman–Crippen MR) is 99.4 cm³/mol. The minimum Gasteiger partial charge on any atom is -0.349 e. The highest BCUT2D eigenvalue weighted by atomic mass is 35.5. The number of rotatable bonds is 5. The van der Waals surface area contributed by atoms with Gasteiger partial charge < -0.3 is 5.32 Å². The number of carbonyl (C=O) groups is 1. The van der Waals surface area contributed by atoms with E-state index in [1.165, 1.54) is 6.08 Å². The van der Waals surface area contributed by atoms with Crippen molar-refractivity contribution in [2.24, 2.45) is 0 Å². The molecule has 0 saturated heterocycles. The highest BCUT2D eigenvalue weighted by Gasteiger charge is 2.16. The first-order chi connectivity index (χ1) is 11.8.